The molecular formula is C12H10N2O2S2. The van der Waals surface area contributed by atoms with Crippen LogP contribution >= 0.6 is 23.3 Å². The number of carbonyl (C=O) groups is 1. The number of carboxylic acid groups (broad SMARTS) is 1. The van der Waals surface area contributed by atoms with Crippen LogP contribution in [-0.4, -0.2) is 20.4 Å². The maximum atomic E-state index is 10.7. The fourth-order valence-corrected chi connectivity index (χ4v) is 3.19. The summed E-state index contributed by atoms with van der Waals surface area (Å²) in [5, 5.41) is 8.81. The van der Waals surface area contributed by atoms with Gasteiger partial charge >= 0.3 is 5.97 Å². The molecule has 2 aromatic rings. The van der Waals surface area contributed by atoms with Gasteiger partial charge in [-0.3, -0.25) is 0 Å². The number of carboxylic acids is 1. The van der Waals surface area contributed by atoms with Crippen molar-refractivity contribution in [1.82, 2.24) is 9.36 Å². The van der Waals surface area contributed by atoms with Gasteiger partial charge in [-0.2, -0.15) is 4.37 Å². The van der Waals surface area contributed by atoms with Gasteiger partial charge in [0.2, 0.25) is 0 Å². The van der Waals surface area contributed by atoms with Crippen LogP contribution in [0.25, 0.3) is 0 Å². The van der Waals surface area contributed by atoms with E-state index in [0.29, 0.717) is 11.5 Å². The lowest BCUT2D eigenvalue weighted by Gasteiger charge is -1.98. The van der Waals surface area contributed by atoms with Crippen LogP contribution in [-0.2, 0) is 0 Å². The molecule has 1 N–H and O–H groups in total. The predicted molar refractivity (Wildman–Crippen MR) is 69.4 cm³/mol. The Hall–Kier alpha value is -1.40. The normalized spacial score (nSPS) is 14.7. The molecular weight excluding hydrogens is 268 g/mol. The maximum Gasteiger partial charge on any atom is 0.335 e. The van der Waals surface area contributed by atoms with Crippen molar-refractivity contribution in [2.45, 2.75) is 28.0 Å². The van der Waals surface area contributed by atoms with Crippen LogP contribution in [0.3, 0.4) is 0 Å². The molecule has 0 bridgehead atoms. The minimum absolute atomic E-state index is 0.301. The van der Waals surface area contributed by atoms with Gasteiger partial charge in [0.05, 0.1) is 5.56 Å². The van der Waals surface area contributed by atoms with Gasteiger partial charge in [-0.1, -0.05) is 11.8 Å². The Balaban J connectivity index is 1.72. The van der Waals surface area contributed by atoms with E-state index in [-0.39, 0.29) is 0 Å². The van der Waals surface area contributed by atoms with Crippen LogP contribution in [0.15, 0.2) is 33.5 Å². The van der Waals surface area contributed by atoms with Crippen LogP contribution in [0.5, 0.6) is 0 Å². The standard InChI is InChI=1S/C12H10N2O2S2/c15-11(16)8-3-5-9(6-4-8)17-12-13-10(14-18-12)7-1-2-7/h3-7H,1-2H2,(H,15,16). The average molecular weight is 278 g/mol. The zero-order valence-electron chi connectivity index (χ0n) is 9.37. The van der Waals surface area contributed by atoms with Crippen molar-refractivity contribution < 1.29 is 9.90 Å². The van der Waals surface area contributed by atoms with E-state index in [1.165, 1.54) is 36.1 Å². The van der Waals surface area contributed by atoms with E-state index in [1.54, 1.807) is 24.3 Å². The fraction of sp³-hybridized carbons (Fsp3) is 0.250. The highest BCUT2D eigenvalue weighted by atomic mass is 32.2. The van der Waals surface area contributed by atoms with Crippen molar-refractivity contribution in [1.29, 1.82) is 0 Å². The highest BCUT2D eigenvalue weighted by Gasteiger charge is 2.27. The van der Waals surface area contributed by atoms with Gasteiger partial charge in [-0.25, -0.2) is 9.78 Å². The molecule has 18 heavy (non-hydrogen) atoms. The number of aromatic nitrogens is 2. The molecule has 1 aliphatic rings. The lowest BCUT2D eigenvalue weighted by molar-refractivity contribution is 0.0697. The van der Waals surface area contributed by atoms with Crippen molar-refractivity contribution in [2.75, 3.05) is 0 Å². The zero-order chi connectivity index (χ0) is 12.5. The van der Waals surface area contributed by atoms with Crippen LogP contribution in [0, 0.1) is 0 Å². The van der Waals surface area contributed by atoms with Crippen LogP contribution in [0.4, 0.5) is 0 Å². The number of hydrogen-bond donors (Lipinski definition) is 1. The maximum absolute atomic E-state index is 10.7. The van der Waals surface area contributed by atoms with Crippen molar-refractivity contribution in [3.63, 3.8) is 0 Å². The number of rotatable bonds is 4. The van der Waals surface area contributed by atoms with Gasteiger partial charge in [0, 0.05) is 10.8 Å². The molecule has 3 rings (SSSR count). The minimum atomic E-state index is -0.904. The molecule has 0 spiro atoms. The van der Waals surface area contributed by atoms with Crippen LogP contribution < -0.4 is 0 Å². The molecule has 6 heteroatoms. The molecule has 0 amide bonds. The number of nitrogens with zero attached hydrogens (tertiary/aromatic N) is 2. The molecule has 0 saturated heterocycles. The summed E-state index contributed by atoms with van der Waals surface area (Å²) in [7, 11) is 0. The van der Waals surface area contributed by atoms with Crippen molar-refractivity contribution >= 4 is 29.3 Å². The smallest absolute Gasteiger partial charge is 0.335 e. The third kappa shape index (κ3) is 2.54. The van der Waals surface area contributed by atoms with Crippen molar-refractivity contribution in [2.24, 2.45) is 0 Å². The lowest BCUT2D eigenvalue weighted by Crippen LogP contribution is -1.94. The Morgan fingerprint density at radius 2 is 2.06 bits per heavy atom. The Morgan fingerprint density at radius 1 is 1.33 bits per heavy atom. The first-order valence-corrected chi connectivity index (χ1v) is 7.16. The molecule has 1 heterocycles. The van der Waals surface area contributed by atoms with Gasteiger partial charge in [0.1, 0.15) is 5.82 Å². The molecule has 1 aromatic heterocycles. The molecule has 1 fully saturated rings. The number of benzene rings is 1. The summed E-state index contributed by atoms with van der Waals surface area (Å²) < 4.78 is 5.25. The Bertz CT molecular complexity index is 576. The van der Waals surface area contributed by atoms with Gasteiger partial charge in [0.25, 0.3) is 0 Å². The highest BCUT2D eigenvalue weighted by molar-refractivity contribution is 8.01. The second-order valence-electron chi connectivity index (χ2n) is 4.12. The van der Waals surface area contributed by atoms with Gasteiger partial charge < -0.3 is 5.11 Å². The average Bonchev–Trinajstić information content (AvgIpc) is 3.11. The van der Waals surface area contributed by atoms with Crippen LogP contribution in [0.2, 0.25) is 0 Å². The summed E-state index contributed by atoms with van der Waals surface area (Å²) in [6, 6.07) is 6.81. The summed E-state index contributed by atoms with van der Waals surface area (Å²) in [6.45, 7) is 0. The summed E-state index contributed by atoms with van der Waals surface area (Å²) in [5.41, 5.74) is 0.301. The quantitative estimate of drug-likeness (QED) is 0.930. The third-order valence-corrected chi connectivity index (χ3v) is 4.45. The fourth-order valence-electron chi connectivity index (χ4n) is 1.54. The van der Waals surface area contributed by atoms with Crippen molar-refractivity contribution in [3.05, 3.63) is 35.7 Å². The lowest BCUT2D eigenvalue weighted by atomic mass is 10.2. The minimum Gasteiger partial charge on any atom is -0.478 e. The van der Waals surface area contributed by atoms with E-state index in [1.807, 2.05) is 0 Å². The molecule has 0 atom stereocenters. The molecule has 0 radical (unpaired) electrons. The number of aromatic carboxylic acids is 1. The van der Waals surface area contributed by atoms with Gasteiger partial charge in [-0.15, -0.1) is 0 Å². The molecule has 4 nitrogen and oxygen atoms in total. The molecule has 1 saturated carbocycles. The van der Waals surface area contributed by atoms with Gasteiger partial charge in [0.15, 0.2) is 4.34 Å². The predicted octanol–water partition coefficient (Wildman–Crippen LogP) is 3.26. The molecule has 1 aromatic carbocycles. The van der Waals surface area contributed by atoms with Crippen LogP contribution in [0.1, 0.15) is 34.9 Å². The first-order chi connectivity index (χ1) is 8.72. The largest absolute Gasteiger partial charge is 0.478 e. The van der Waals surface area contributed by atoms with Gasteiger partial charge in [-0.05, 0) is 48.6 Å². The monoisotopic (exact) mass is 278 g/mol. The van der Waals surface area contributed by atoms with E-state index in [0.717, 1.165) is 15.1 Å². The zero-order valence-corrected chi connectivity index (χ0v) is 11.0. The Morgan fingerprint density at radius 3 is 2.67 bits per heavy atom. The number of hydrogen-bond acceptors (Lipinski definition) is 5. The summed E-state index contributed by atoms with van der Waals surface area (Å²) in [6.07, 6.45) is 2.41. The molecule has 0 unspecified atom stereocenters. The molecule has 92 valence electrons. The third-order valence-electron chi connectivity index (χ3n) is 2.67. The van der Waals surface area contributed by atoms with Crippen molar-refractivity contribution in [3.8, 4) is 0 Å². The van der Waals surface area contributed by atoms with E-state index >= 15 is 0 Å². The van der Waals surface area contributed by atoms with E-state index in [9.17, 15) is 4.79 Å². The summed E-state index contributed by atoms with van der Waals surface area (Å²) in [5.74, 6) is 0.633. The SMILES string of the molecule is O=C(O)c1ccc(Sc2nc(C3CC3)ns2)cc1. The summed E-state index contributed by atoms with van der Waals surface area (Å²) in [4.78, 5) is 16.2. The van der Waals surface area contributed by atoms with E-state index < -0.39 is 5.97 Å². The second-order valence-corrected chi connectivity index (χ2v) is 6.20. The highest BCUT2D eigenvalue weighted by Crippen LogP contribution is 2.40. The molecule has 1 aliphatic carbocycles. The summed E-state index contributed by atoms with van der Waals surface area (Å²) >= 11 is 2.93. The Kier molecular flexibility index (Phi) is 3.05. The van der Waals surface area contributed by atoms with E-state index in [2.05, 4.69) is 9.36 Å². The topological polar surface area (TPSA) is 63.1 Å². The first-order valence-electron chi connectivity index (χ1n) is 5.57. The first kappa shape index (κ1) is 11.7. The second kappa shape index (κ2) is 4.70. The van der Waals surface area contributed by atoms with E-state index in [4.69, 9.17) is 5.11 Å². The Labute approximate surface area is 112 Å². The molecule has 0 aliphatic heterocycles.